The van der Waals surface area contributed by atoms with Gasteiger partial charge in [-0.2, -0.15) is 0 Å². The quantitative estimate of drug-likeness (QED) is 0.782. The minimum atomic E-state index is 0. The van der Waals surface area contributed by atoms with Crippen LogP contribution in [-0.2, 0) is 9.47 Å². The van der Waals surface area contributed by atoms with Gasteiger partial charge in [-0.25, -0.2) is 0 Å². The highest BCUT2D eigenvalue weighted by atomic mass is 35.5. The summed E-state index contributed by atoms with van der Waals surface area (Å²) in [6.45, 7) is 10.1. The van der Waals surface area contributed by atoms with Crippen molar-refractivity contribution in [1.82, 2.24) is 15.5 Å². The molecule has 2 heterocycles. The van der Waals surface area contributed by atoms with Gasteiger partial charge in [-0.15, -0.1) is 12.4 Å². The first-order valence-electron chi connectivity index (χ1n) is 8.71. The van der Waals surface area contributed by atoms with Gasteiger partial charge in [-0.3, -0.25) is 4.90 Å². The lowest BCUT2D eigenvalue weighted by molar-refractivity contribution is -0.000283. The Morgan fingerprint density at radius 3 is 2.82 bits per heavy atom. The molecule has 4 atom stereocenters. The van der Waals surface area contributed by atoms with Gasteiger partial charge >= 0.3 is 0 Å². The van der Waals surface area contributed by atoms with E-state index in [0.29, 0.717) is 18.1 Å². The number of halogens is 1. The molecule has 2 aliphatic heterocycles. The number of ether oxygens (including phenoxy) is 2. The topological polar surface area (TPSA) is 45.8 Å². The molecule has 0 radical (unpaired) electrons. The van der Waals surface area contributed by atoms with Gasteiger partial charge in [0.2, 0.25) is 0 Å². The third kappa shape index (κ3) is 4.79. The Bertz CT molecular complexity index is 316. The Morgan fingerprint density at radius 2 is 2.05 bits per heavy atom. The van der Waals surface area contributed by atoms with Crippen LogP contribution in [0.2, 0.25) is 0 Å². The third-order valence-corrected chi connectivity index (χ3v) is 5.35. The molecular formula is C16H32ClN3O2. The number of nitrogens with zero attached hydrogens (tertiary/aromatic N) is 1. The van der Waals surface area contributed by atoms with Crippen molar-refractivity contribution in [1.29, 1.82) is 0 Å². The molecule has 0 spiro atoms. The molecule has 6 heteroatoms. The molecule has 3 fully saturated rings. The van der Waals surface area contributed by atoms with Crippen molar-refractivity contribution in [2.45, 2.75) is 44.3 Å². The minimum absolute atomic E-state index is 0. The van der Waals surface area contributed by atoms with E-state index in [9.17, 15) is 0 Å². The van der Waals surface area contributed by atoms with Crippen LogP contribution in [-0.4, -0.2) is 75.6 Å². The molecule has 5 nitrogen and oxygen atoms in total. The Hall–Kier alpha value is 0.0900. The molecule has 130 valence electrons. The zero-order valence-electron chi connectivity index (χ0n) is 13.8. The second-order valence-electron chi connectivity index (χ2n) is 6.75. The third-order valence-electron chi connectivity index (χ3n) is 5.35. The average Bonchev–Trinajstić information content (AvgIpc) is 2.99. The van der Waals surface area contributed by atoms with Gasteiger partial charge in [-0.1, -0.05) is 6.42 Å². The number of hydrogen-bond donors (Lipinski definition) is 2. The van der Waals surface area contributed by atoms with Crippen LogP contribution in [0.25, 0.3) is 0 Å². The lowest BCUT2D eigenvalue weighted by Crippen LogP contribution is -2.52. The van der Waals surface area contributed by atoms with Crippen LogP contribution in [0.15, 0.2) is 0 Å². The van der Waals surface area contributed by atoms with E-state index in [1.165, 1.54) is 19.3 Å². The largest absolute Gasteiger partial charge is 0.379 e. The second kappa shape index (κ2) is 9.40. The van der Waals surface area contributed by atoms with Crippen LogP contribution >= 0.6 is 12.4 Å². The van der Waals surface area contributed by atoms with Gasteiger partial charge in [0.15, 0.2) is 0 Å². The highest BCUT2D eigenvalue weighted by Crippen LogP contribution is 2.29. The average molecular weight is 334 g/mol. The van der Waals surface area contributed by atoms with E-state index < -0.39 is 0 Å². The van der Waals surface area contributed by atoms with Crippen LogP contribution in [0.4, 0.5) is 0 Å². The Morgan fingerprint density at radius 1 is 1.18 bits per heavy atom. The predicted molar refractivity (Wildman–Crippen MR) is 90.8 cm³/mol. The fourth-order valence-corrected chi connectivity index (χ4v) is 4.07. The maximum Gasteiger partial charge on any atom is 0.0623 e. The standard InChI is InChI=1S/C16H31N3O2.ClH/c1-13-11-21-10-8-19(13)7-5-17-15-4-2-3-14(15)16-12-20-9-6-18-16;/h13-18H,2-12H2,1H3;1H. The van der Waals surface area contributed by atoms with Crippen molar-refractivity contribution in [3.8, 4) is 0 Å². The number of hydrogen-bond acceptors (Lipinski definition) is 5. The van der Waals surface area contributed by atoms with E-state index in [0.717, 1.165) is 58.5 Å². The van der Waals surface area contributed by atoms with E-state index >= 15 is 0 Å². The molecule has 0 aromatic carbocycles. The number of nitrogens with one attached hydrogen (secondary N) is 2. The summed E-state index contributed by atoms with van der Waals surface area (Å²) in [4.78, 5) is 2.54. The van der Waals surface area contributed by atoms with Gasteiger partial charge in [0, 0.05) is 44.3 Å². The highest BCUT2D eigenvalue weighted by molar-refractivity contribution is 5.85. The number of morpholine rings is 2. The van der Waals surface area contributed by atoms with Gasteiger partial charge in [0.05, 0.1) is 26.4 Å². The highest BCUT2D eigenvalue weighted by Gasteiger charge is 2.34. The molecule has 4 unspecified atom stereocenters. The summed E-state index contributed by atoms with van der Waals surface area (Å²) in [5.41, 5.74) is 0. The molecule has 3 rings (SSSR count). The predicted octanol–water partition coefficient (Wildman–Crippen LogP) is 0.876. The van der Waals surface area contributed by atoms with Gasteiger partial charge in [-0.05, 0) is 25.7 Å². The van der Waals surface area contributed by atoms with Crippen molar-refractivity contribution in [2.24, 2.45) is 5.92 Å². The maximum absolute atomic E-state index is 5.64. The molecule has 1 aliphatic carbocycles. The first kappa shape index (κ1) is 18.4. The summed E-state index contributed by atoms with van der Waals surface area (Å²) in [6.07, 6.45) is 4.02. The molecule has 3 aliphatic rings. The first-order chi connectivity index (χ1) is 10.3. The van der Waals surface area contributed by atoms with E-state index in [1.54, 1.807) is 0 Å². The van der Waals surface area contributed by atoms with Crippen LogP contribution in [0.3, 0.4) is 0 Å². The van der Waals surface area contributed by atoms with Crippen LogP contribution in [0.1, 0.15) is 26.2 Å². The van der Waals surface area contributed by atoms with Crippen molar-refractivity contribution >= 4 is 12.4 Å². The molecule has 0 amide bonds. The smallest absolute Gasteiger partial charge is 0.0623 e. The molecule has 1 saturated carbocycles. The second-order valence-corrected chi connectivity index (χ2v) is 6.75. The molecule has 0 aromatic heterocycles. The van der Waals surface area contributed by atoms with Crippen molar-refractivity contribution in [3.63, 3.8) is 0 Å². The zero-order valence-corrected chi connectivity index (χ0v) is 14.6. The summed E-state index contributed by atoms with van der Waals surface area (Å²) in [5.74, 6) is 0.743. The molecule has 22 heavy (non-hydrogen) atoms. The summed E-state index contributed by atoms with van der Waals surface area (Å²) < 4.78 is 11.1. The van der Waals surface area contributed by atoms with Crippen molar-refractivity contribution in [2.75, 3.05) is 52.6 Å². The van der Waals surface area contributed by atoms with E-state index in [4.69, 9.17) is 9.47 Å². The van der Waals surface area contributed by atoms with Gasteiger partial charge in [0.1, 0.15) is 0 Å². The van der Waals surface area contributed by atoms with E-state index in [1.807, 2.05) is 0 Å². The van der Waals surface area contributed by atoms with Crippen molar-refractivity contribution in [3.05, 3.63) is 0 Å². The van der Waals surface area contributed by atoms with Crippen LogP contribution in [0, 0.1) is 5.92 Å². The Balaban J connectivity index is 0.00000176. The number of rotatable bonds is 5. The maximum atomic E-state index is 5.64. The molecule has 2 N–H and O–H groups in total. The van der Waals surface area contributed by atoms with Gasteiger partial charge < -0.3 is 20.1 Å². The summed E-state index contributed by atoms with van der Waals surface area (Å²) in [5, 5.41) is 7.46. The molecular weight excluding hydrogens is 302 g/mol. The summed E-state index contributed by atoms with van der Waals surface area (Å²) in [6, 6.07) is 1.79. The van der Waals surface area contributed by atoms with E-state index in [-0.39, 0.29) is 12.4 Å². The first-order valence-corrected chi connectivity index (χ1v) is 8.71. The van der Waals surface area contributed by atoms with Crippen LogP contribution in [0.5, 0.6) is 0 Å². The monoisotopic (exact) mass is 333 g/mol. The normalized spacial score (nSPS) is 37.0. The van der Waals surface area contributed by atoms with E-state index in [2.05, 4.69) is 22.5 Å². The Labute approximate surface area is 140 Å². The molecule has 2 saturated heterocycles. The summed E-state index contributed by atoms with van der Waals surface area (Å²) in [7, 11) is 0. The zero-order chi connectivity index (χ0) is 14.5. The fraction of sp³-hybridized carbons (Fsp3) is 1.00. The summed E-state index contributed by atoms with van der Waals surface area (Å²) >= 11 is 0. The SMILES string of the molecule is CC1COCCN1CCNC1CCCC1C1COCCN1.Cl. The fourth-order valence-electron chi connectivity index (χ4n) is 4.07. The van der Waals surface area contributed by atoms with Crippen molar-refractivity contribution < 1.29 is 9.47 Å². The minimum Gasteiger partial charge on any atom is -0.379 e. The molecule has 0 aromatic rings. The molecule has 0 bridgehead atoms. The lowest BCUT2D eigenvalue weighted by Gasteiger charge is -2.35. The Kier molecular flexibility index (Phi) is 7.88. The lowest BCUT2D eigenvalue weighted by atomic mass is 9.94. The van der Waals surface area contributed by atoms with Crippen LogP contribution < -0.4 is 10.6 Å². The van der Waals surface area contributed by atoms with Gasteiger partial charge in [0.25, 0.3) is 0 Å².